The van der Waals surface area contributed by atoms with Gasteiger partial charge in [0.1, 0.15) is 18.0 Å². The first-order valence-corrected chi connectivity index (χ1v) is 7.22. The second-order valence-electron chi connectivity index (χ2n) is 4.72. The highest BCUT2D eigenvalue weighted by Crippen LogP contribution is 2.13. The summed E-state index contributed by atoms with van der Waals surface area (Å²) in [5, 5.41) is 7.76. The number of nitrogens with one attached hydrogen (secondary N) is 1. The summed E-state index contributed by atoms with van der Waals surface area (Å²) in [7, 11) is 0. The Morgan fingerprint density at radius 1 is 1.15 bits per heavy atom. The first kappa shape index (κ1) is 14.6. The first-order valence-electron chi connectivity index (χ1n) is 7.22. The van der Waals surface area contributed by atoms with Crippen molar-refractivity contribution < 1.29 is 0 Å². The van der Waals surface area contributed by atoms with E-state index in [0.717, 1.165) is 44.0 Å². The molecule has 2 rings (SSSR count). The molecule has 0 saturated carbocycles. The minimum atomic E-state index is 0.0796. The van der Waals surface area contributed by atoms with Crippen molar-refractivity contribution >= 4 is 0 Å². The highest BCUT2D eigenvalue weighted by molar-refractivity contribution is 5.01. The third-order valence-corrected chi connectivity index (χ3v) is 3.06. The number of hydrogen-bond acceptors (Lipinski definition) is 5. The molecule has 2 aromatic heterocycles. The average molecular weight is 274 g/mol. The van der Waals surface area contributed by atoms with Crippen molar-refractivity contribution in [3.05, 3.63) is 36.4 Å². The molecule has 0 aromatic carbocycles. The summed E-state index contributed by atoms with van der Waals surface area (Å²) in [5.74, 6) is 1.79. The lowest BCUT2D eigenvalue weighted by molar-refractivity contribution is 0.471. The van der Waals surface area contributed by atoms with Crippen molar-refractivity contribution in [3.8, 4) is 0 Å². The van der Waals surface area contributed by atoms with E-state index in [1.165, 1.54) is 0 Å². The van der Waals surface area contributed by atoms with E-state index in [1.54, 1.807) is 18.7 Å². The van der Waals surface area contributed by atoms with Gasteiger partial charge in [0.2, 0.25) is 0 Å². The number of aromatic nitrogens is 5. The van der Waals surface area contributed by atoms with Crippen LogP contribution in [0, 0.1) is 0 Å². The van der Waals surface area contributed by atoms with Crippen LogP contribution in [0.4, 0.5) is 0 Å². The Labute approximate surface area is 119 Å². The summed E-state index contributed by atoms with van der Waals surface area (Å²) < 4.78 is 1.96. The molecule has 1 atom stereocenters. The van der Waals surface area contributed by atoms with Crippen molar-refractivity contribution in [1.29, 1.82) is 0 Å². The maximum atomic E-state index is 4.36. The van der Waals surface area contributed by atoms with Crippen LogP contribution < -0.4 is 5.32 Å². The van der Waals surface area contributed by atoms with Crippen LogP contribution in [0.1, 0.15) is 44.4 Å². The number of rotatable bonds is 8. The maximum Gasteiger partial charge on any atom is 0.145 e. The SMILES string of the molecule is CCCNC(Cc1ncnn1CCC)c1ncccn1. The van der Waals surface area contributed by atoms with Crippen molar-refractivity contribution in [2.24, 2.45) is 0 Å². The Bertz CT molecular complexity index is 495. The van der Waals surface area contributed by atoms with Crippen molar-refractivity contribution in [3.63, 3.8) is 0 Å². The molecule has 1 unspecified atom stereocenters. The van der Waals surface area contributed by atoms with E-state index in [-0.39, 0.29) is 6.04 Å². The van der Waals surface area contributed by atoms with Gasteiger partial charge in [-0.05, 0) is 25.5 Å². The van der Waals surface area contributed by atoms with Gasteiger partial charge in [0.15, 0.2) is 0 Å². The molecule has 1 N–H and O–H groups in total. The van der Waals surface area contributed by atoms with Gasteiger partial charge in [0.05, 0.1) is 6.04 Å². The predicted octanol–water partition coefficient (Wildman–Crippen LogP) is 1.76. The van der Waals surface area contributed by atoms with Crippen LogP contribution in [0.2, 0.25) is 0 Å². The lowest BCUT2D eigenvalue weighted by atomic mass is 10.1. The van der Waals surface area contributed by atoms with Gasteiger partial charge in [-0.25, -0.2) is 15.0 Å². The first-order chi connectivity index (χ1) is 9.85. The molecule has 0 aliphatic rings. The molecule has 0 amide bonds. The van der Waals surface area contributed by atoms with Crippen LogP contribution >= 0.6 is 0 Å². The van der Waals surface area contributed by atoms with Crippen LogP contribution in [0.5, 0.6) is 0 Å². The van der Waals surface area contributed by atoms with Crippen LogP contribution in [0.25, 0.3) is 0 Å². The van der Waals surface area contributed by atoms with Gasteiger partial charge < -0.3 is 5.32 Å². The Balaban J connectivity index is 2.13. The lowest BCUT2D eigenvalue weighted by Crippen LogP contribution is -2.27. The fraction of sp³-hybridized carbons (Fsp3) is 0.571. The Morgan fingerprint density at radius 2 is 1.95 bits per heavy atom. The fourth-order valence-electron chi connectivity index (χ4n) is 2.09. The van der Waals surface area contributed by atoms with E-state index < -0.39 is 0 Å². The van der Waals surface area contributed by atoms with Gasteiger partial charge in [-0.15, -0.1) is 0 Å². The molecule has 0 aliphatic carbocycles. The molecule has 108 valence electrons. The number of aryl methyl sites for hydroxylation is 1. The second kappa shape index (κ2) is 7.69. The predicted molar refractivity (Wildman–Crippen MR) is 77.1 cm³/mol. The summed E-state index contributed by atoms with van der Waals surface area (Å²) in [5.41, 5.74) is 0. The number of nitrogens with zero attached hydrogens (tertiary/aromatic N) is 5. The normalized spacial score (nSPS) is 12.5. The summed E-state index contributed by atoms with van der Waals surface area (Å²) in [6.07, 6.45) is 8.05. The smallest absolute Gasteiger partial charge is 0.145 e. The lowest BCUT2D eigenvalue weighted by Gasteiger charge is -2.16. The summed E-state index contributed by atoms with van der Waals surface area (Å²) in [4.78, 5) is 13.1. The molecular weight excluding hydrogens is 252 g/mol. The summed E-state index contributed by atoms with van der Waals surface area (Å²) in [6.45, 7) is 6.12. The zero-order valence-electron chi connectivity index (χ0n) is 12.2. The van der Waals surface area contributed by atoms with E-state index >= 15 is 0 Å². The molecule has 2 aromatic rings. The van der Waals surface area contributed by atoms with Gasteiger partial charge in [-0.3, -0.25) is 4.68 Å². The molecule has 0 spiro atoms. The van der Waals surface area contributed by atoms with E-state index in [1.807, 2.05) is 10.7 Å². The summed E-state index contributed by atoms with van der Waals surface area (Å²) in [6, 6.07) is 1.91. The largest absolute Gasteiger partial charge is 0.307 e. The number of hydrogen-bond donors (Lipinski definition) is 1. The molecule has 6 heteroatoms. The molecule has 20 heavy (non-hydrogen) atoms. The third-order valence-electron chi connectivity index (χ3n) is 3.06. The molecule has 0 saturated heterocycles. The molecule has 0 bridgehead atoms. The van der Waals surface area contributed by atoms with Crippen LogP contribution in [0.15, 0.2) is 24.8 Å². The van der Waals surface area contributed by atoms with Crippen molar-refractivity contribution in [2.75, 3.05) is 6.54 Å². The minimum absolute atomic E-state index is 0.0796. The highest BCUT2D eigenvalue weighted by Gasteiger charge is 2.17. The van der Waals surface area contributed by atoms with Gasteiger partial charge >= 0.3 is 0 Å². The van der Waals surface area contributed by atoms with Gasteiger partial charge in [-0.1, -0.05) is 13.8 Å². The second-order valence-corrected chi connectivity index (χ2v) is 4.72. The van der Waals surface area contributed by atoms with Gasteiger partial charge in [0, 0.05) is 25.4 Å². The quantitative estimate of drug-likeness (QED) is 0.794. The Morgan fingerprint density at radius 3 is 2.65 bits per heavy atom. The minimum Gasteiger partial charge on any atom is -0.307 e. The van der Waals surface area contributed by atoms with E-state index in [2.05, 4.69) is 39.2 Å². The molecular formula is C14H22N6. The van der Waals surface area contributed by atoms with E-state index in [0.29, 0.717) is 0 Å². The zero-order chi connectivity index (χ0) is 14.2. The third kappa shape index (κ3) is 3.84. The monoisotopic (exact) mass is 274 g/mol. The molecule has 0 fully saturated rings. The molecule has 6 nitrogen and oxygen atoms in total. The summed E-state index contributed by atoms with van der Waals surface area (Å²) >= 11 is 0. The van der Waals surface area contributed by atoms with Crippen molar-refractivity contribution in [2.45, 2.75) is 45.7 Å². The highest BCUT2D eigenvalue weighted by atomic mass is 15.3. The fourth-order valence-corrected chi connectivity index (χ4v) is 2.09. The average Bonchev–Trinajstić information content (AvgIpc) is 2.92. The molecule has 0 radical (unpaired) electrons. The van der Waals surface area contributed by atoms with Crippen LogP contribution in [-0.2, 0) is 13.0 Å². The Kier molecular flexibility index (Phi) is 5.61. The molecule has 2 heterocycles. The standard InChI is InChI=1S/C14H22N6/c1-3-6-15-12(14-16-7-5-8-17-14)10-13-18-11-19-20(13)9-4-2/h5,7-8,11-12,15H,3-4,6,9-10H2,1-2H3. The van der Waals surface area contributed by atoms with E-state index in [9.17, 15) is 0 Å². The van der Waals surface area contributed by atoms with E-state index in [4.69, 9.17) is 0 Å². The topological polar surface area (TPSA) is 68.5 Å². The zero-order valence-corrected chi connectivity index (χ0v) is 12.2. The van der Waals surface area contributed by atoms with Crippen LogP contribution in [-0.4, -0.2) is 31.3 Å². The van der Waals surface area contributed by atoms with Gasteiger partial charge in [-0.2, -0.15) is 5.10 Å². The van der Waals surface area contributed by atoms with Crippen LogP contribution in [0.3, 0.4) is 0 Å². The van der Waals surface area contributed by atoms with Gasteiger partial charge in [0.25, 0.3) is 0 Å². The maximum absolute atomic E-state index is 4.36. The Hall–Kier alpha value is -1.82. The van der Waals surface area contributed by atoms with Crippen molar-refractivity contribution in [1.82, 2.24) is 30.0 Å². The molecule has 0 aliphatic heterocycles.